The van der Waals surface area contributed by atoms with Gasteiger partial charge in [0, 0.05) is 5.38 Å². The molecule has 0 atom stereocenters. The molecule has 13 heavy (non-hydrogen) atoms. The van der Waals surface area contributed by atoms with Gasteiger partial charge in [-0.3, -0.25) is 0 Å². The summed E-state index contributed by atoms with van der Waals surface area (Å²) in [7, 11) is 0. The number of thiazole rings is 1. The third kappa shape index (κ3) is 1.61. The summed E-state index contributed by atoms with van der Waals surface area (Å²) in [5, 5.41) is 11.6. The van der Waals surface area contributed by atoms with Crippen LogP contribution in [0.4, 0.5) is 0 Å². The molecule has 1 N–H and O–H groups in total. The first-order valence-electron chi connectivity index (χ1n) is 3.77. The van der Waals surface area contributed by atoms with E-state index in [1.54, 1.807) is 11.3 Å². The Labute approximate surface area is 78.9 Å². The van der Waals surface area contributed by atoms with Gasteiger partial charge in [0.05, 0.1) is 11.6 Å². The molecule has 2 heterocycles. The summed E-state index contributed by atoms with van der Waals surface area (Å²) >= 11 is 1.54. The van der Waals surface area contributed by atoms with Gasteiger partial charge >= 0.3 is 0 Å². The Morgan fingerprint density at radius 1 is 1.54 bits per heavy atom. The van der Waals surface area contributed by atoms with E-state index >= 15 is 0 Å². The average Bonchev–Trinajstić information content (AvgIpc) is 2.71. The summed E-state index contributed by atoms with van der Waals surface area (Å²) in [5.41, 5.74) is 1.25. The highest BCUT2D eigenvalue weighted by atomic mass is 32.1. The van der Waals surface area contributed by atoms with Gasteiger partial charge in [-0.15, -0.1) is 11.3 Å². The van der Waals surface area contributed by atoms with Gasteiger partial charge < -0.3 is 9.52 Å². The smallest absolute Gasteiger partial charge is 0.246 e. The molecule has 5 heteroatoms. The molecule has 0 radical (unpaired) electrons. The lowest BCUT2D eigenvalue weighted by Gasteiger charge is -1.84. The fraction of sp³-hybridized carbons (Fsp3) is 0.250. The summed E-state index contributed by atoms with van der Waals surface area (Å²) < 4.78 is 5.13. The van der Waals surface area contributed by atoms with Gasteiger partial charge in [-0.25, -0.2) is 9.97 Å². The number of rotatable bonds is 2. The number of hydrogen-bond donors (Lipinski definition) is 1. The Morgan fingerprint density at radius 2 is 2.38 bits per heavy atom. The Balaban J connectivity index is 2.35. The van der Waals surface area contributed by atoms with Crippen LogP contribution >= 0.6 is 11.3 Å². The largest absolute Gasteiger partial charge is 0.443 e. The number of aryl methyl sites for hydroxylation is 1. The van der Waals surface area contributed by atoms with Gasteiger partial charge in [0.2, 0.25) is 5.89 Å². The van der Waals surface area contributed by atoms with Gasteiger partial charge in [-0.2, -0.15) is 0 Å². The molecule has 0 aliphatic rings. The van der Waals surface area contributed by atoms with E-state index in [1.165, 1.54) is 6.26 Å². The van der Waals surface area contributed by atoms with Crippen molar-refractivity contribution in [2.24, 2.45) is 0 Å². The van der Waals surface area contributed by atoms with Crippen LogP contribution in [0.25, 0.3) is 11.6 Å². The molecule has 2 aromatic rings. The van der Waals surface area contributed by atoms with Crippen molar-refractivity contribution in [3.63, 3.8) is 0 Å². The second-order valence-corrected chi connectivity index (χ2v) is 3.62. The Hall–Kier alpha value is -1.20. The van der Waals surface area contributed by atoms with Crippen molar-refractivity contribution in [2.45, 2.75) is 13.5 Å². The van der Waals surface area contributed by atoms with Crippen molar-refractivity contribution in [3.05, 3.63) is 22.3 Å². The van der Waals surface area contributed by atoms with Gasteiger partial charge in [0.25, 0.3) is 0 Å². The normalized spacial score (nSPS) is 10.6. The predicted octanol–water partition coefficient (Wildman–Crippen LogP) is 1.60. The summed E-state index contributed by atoms with van der Waals surface area (Å²) in [6, 6.07) is 0. The number of oxazole rings is 1. The highest BCUT2D eigenvalue weighted by Crippen LogP contribution is 2.20. The van der Waals surface area contributed by atoms with Crippen LogP contribution in [0.15, 0.2) is 16.1 Å². The molecule has 0 aliphatic heterocycles. The summed E-state index contributed by atoms with van der Waals surface area (Å²) in [6.07, 6.45) is 1.43. The van der Waals surface area contributed by atoms with Crippen LogP contribution in [0.2, 0.25) is 0 Å². The molecule has 0 bridgehead atoms. The summed E-state index contributed by atoms with van der Waals surface area (Å²) in [5.74, 6) is 0.466. The van der Waals surface area contributed by atoms with Crippen LogP contribution in [0.5, 0.6) is 0 Å². The van der Waals surface area contributed by atoms with Crippen LogP contribution < -0.4 is 0 Å². The van der Waals surface area contributed by atoms with Crippen molar-refractivity contribution >= 4 is 11.3 Å². The van der Waals surface area contributed by atoms with Crippen molar-refractivity contribution in [1.82, 2.24) is 9.97 Å². The lowest BCUT2D eigenvalue weighted by molar-refractivity contribution is 0.276. The maximum atomic E-state index is 8.76. The molecule has 0 amide bonds. The van der Waals surface area contributed by atoms with Crippen molar-refractivity contribution in [3.8, 4) is 11.6 Å². The lowest BCUT2D eigenvalue weighted by atomic mass is 10.5. The standard InChI is InChI=1S/C8H8N2O2S/c1-5-9-7(4-13-5)8-10-6(2-11)3-12-8/h3-4,11H,2H2,1H3. The third-order valence-corrected chi connectivity index (χ3v) is 2.33. The maximum Gasteiger partial charge on any atom is 0.246 e. The zero-order valence-electron chi connectivity index (χ0n) is 7.02. The van der Waals surface area contributed by atoms with E-state index in [0.29, 0.717) is 11.6 Å². The average molecular weight is 196 g/mol. The van der Waals surface area contributed by atoms with Crippen LogP contribution in [0.3, 0.4) is 0 Å². The fourth-order valence-corrected chi connectivity index (χ4v) is 1.55. The zero-order chi connectivity index (χ0) is 9.26. The number of nitrogens with zero attached hydrogens (tertiary/aromatic N) is 2. The minimum Gasteiger partial charge on any atom is -0.443 e. The zero-order valence-corrected chi connectivity index (χ0v) is 7.84. The number of hydrogen-bond acceptors (Lipinski definition) is 5. The Kier molecular flexibility index (Phi) is 2.12. The Bertz CT molecular complexity index is 408. The van der Waals surface area contributed by atoms with Gasteiger partial charge in [0.1, 0.15) is 17.7 Å². The minimum atomic E-state index is -0.105. The predicted molar refractivity (Wildman–Crippen MR) is 48.3 cm³/mol. The quantitative estimate of drug-likeness (QED) is 0.792. The molecule has 68 valence electrons. The third-order valence-electron chi connectivity index (χ3n) is 1.55. The van der Waals surface area contributed by atoms with E-state index in [4.69, 9.17) is 9.52 Å². The lowest BCUT2D eigenvalue weighted by Crippen LogP contribution is -1.82. The molecule has 2 aromatic heterocycles. The van der Waals surface area contributed by atoms with Crippen LogP contribution in [-0.2, 0) is 6.61 Å². The molecule has 0 spiro atoms. The topological polar surface area (TPSA) is 59.2 Å². The molecule has 4 nitrogen and oxygen atoms in total. The first-order valence-corrected chi connectivity index (χ1v) is 4.65. The van der Waals surface area contributed by atoms with Crippen LogP contribution in [-0.4, -0.2) is 15.1 Å². The molecule has 0 saturated carbocycles. The van der Waals surface area contributed by atoms with Crippen molar-refractivity contribution in [2.75, 3.05) is 0 Å². The maximum absolute atomic E-state index is 8.76. The molecule has 0 aliphatic carbocycles. The minimum absolute atomic E-state index is 0.105. The monoisotopic (exact) mass is 196 g/mol. The van der Waals surface area contributed by atoms with Gasteiger partial charge in [-0.1, -0.05) is 0 Å². The van der Waals surface area contributed by atoms with E-state index in [1.807, 2.05) is 12.3 Å². The van der Waals surface area contributed by atoms with E-state index in [2.05, 4.69) is 9.97 Å². The number of aromatic nitrogens is 2. The molecule has 0 aromatic carbocycles. The van der Waals surface area contributed by atoms with Crippen molar-refractivity contribution < 1.29 is 9.52 Å². The van der Waals surface area contributed by atoms with Crippen LogP contribution in [0.1, 0.15) is 10.7 Å². The Morgan fingerprint density at radius 3 is 2.92 bits per heavy atom. The second kappa shape index (κ2) is 3.27. The number of aliphatic hydroxyl groups excluding tert-OH is 1. The first-order chi connectivity index (χ1) is 6.29. The van der Waals surface area contributed by atoms with Gasteiger partial charge in [-0.05, 0) is 6.92 Å². The second-order valence-electron chi connectivity index (χ2n) is 2.55. The SMILES string of the molecule is Cc1nc(-c2nc(CO)co2)cs1. The molecular formula is C8H8N2O2S. The number of aliphatic hydroxyl groups is 1. The molecule has 0 unspecified atom stereocenters. The van der Waals surface area contributed by atoms with Crippen molar-refractivity contribution in [1.29, 1.82) is 0 Å². The van der Waals surface area contributed by atoms with E-state index in [9.17, 15) is 0 Å². The highest BCUT2D eigenvalue weighted by Gasteiger charge is 2.08. The van der Waals surface area contributed by atoms with E-state index in [0.717, 1.165) is 10.7 Å². The first kappa shape index (κ1) is 8.40. The molecule has 2 rings (SSSR count). The molecule has 0 fully saturated rings. The summed E-state index contributed by atoms with van der Waals surface area (Å²) in [4.78, 5) is 8.25. The molecule has 0 saturated heterocycles. The van der Waals surface area contributed by atoms with Crippen LogP contribution in [0, 0.1) is 6.92 Å². The van der Waals surface area contributed by atoms with E-state index < -0.39 is 0 Å². The summed E-state index contributed by atoms with van der Waals surface area (Å²) in [6.45, 7) is 1.82. The van der Waals surface area contributed by atoms with E-state index in [-0.39, 0.29) is 6.61 Å². The highest BCUT2D eigenvalue weighted by molar-refractivity contribution is 7.09. The van der Waals surface area contributed by atoms with Gasteiger partial charge in [0.15, 0.2) is 0 Å². The fourth-order valence-electron chi connectivity index (χ4n) is 0.959. The molecular weight excluding hydrogens is 188 g/mol.